The molecule has 0 aromatic heterocycles. The Morgan fingerprint density at radius 1 is 1.41 bits per heavy atom. The van der Waals surface area contributed by atoms with Gasteiger partial charge in [-0.05, 0) is 26.3 Å². The van der Waals surface area contributed by atoms with Crippen LogP contribution in [0, 0.1) is 5.41 Å². The van der Waals surface area contributed by atoms with Crippen LogP contribution < -0.4 is 5.73 Å². The van der Waals surface area contributed by atoms with Gasteiger partial charge >= 0.3 is 0 Å². The average Bonchev–Trinajstić information content (AvgIpc) is 2.35. The summed E-state index contributed by atoms with van der Waals surface area (Å²) in [4.78, 5) is 2.51. The highest BCUT2D eigenvalue weighted by Crippen LogP contribution is 2.22. The normalized spacial score (nSPS) is 19.5. The van der Waals surface area contributed by atoms with Crippen LogP contribution in [-0.4, -0.2) is 42.6 Å². The number of rotatable bonds is 7. The largest absolute Gasteiger partial charge is 0.385 e. The van der Waals surface area contributed by atoms with Crippen LogP contribution in [0.1, 0.15) is 46.0 Å². The summed E-state index contributed by atoms with van der Waals surface area (Å²) in [5.74, 6) is 0.116. The number of ether oxygens (including phenoxy) is 1. The van der Waals surface area contributed by atoms with E-state index in [0.29, 0.717) is 6.61 Å². The van der Waals surface area contributed by atoms with Gasteiger partial charge in [0.1, 0.15) is 11.9 Å². The van der Waals surface area contributed by atoms with E-state index in [1.807, 2.05) is 6.92 Å². The molecular weight excluding hydrogens is 214 g/mol. The first-order chi connectivity index (χ1) is 8.15. The molecule has 4 nitrogen and oxygen atoms in total. The topological polar surface area (TPSA) is 62.3 Å². The molecule has 0 saturated heterocycles. The Morgan fingerprint density at radius 3 is 2.59 bits per heavy atom. The van der Waals surface area contributed by atoms with Crippen LogP contribution in [-0.2, 0) is 4.74 Å². The molecule has 0 aromatic rings. The van der Waals surface area contributed by atoms with Gasteiger partial charge in [0, 0.05) is 12.6 Å². The lowest BCUT2D eigenvalue weighted by Gasteiger charge is -2.33. The molecule has 17 heavy (non-hydrogen) atoms. The third-order valence-electron chi connectivity index (χ3n) is 3.68. The molecule has 0 radical (unpaired) electrons. The molecule has 1 fully saturated rings. The summed E-state index contributed by atoms with van der Waals surface area (Å²) in [5, 5.41) is 7.27. The molecule has 100 valence electrons. The molecule has 1 saturated carbocycles. The maximum atomic E-state index is 7.27. The van der Waals surface area contributed by atoms with E-state index in [4.69, 9.17) is 15.9 Å². The van der Waals surface area contributed by atoms with E-state index in [9.17, 15) is 0 Å². The standard InChI is InChI=1S/C13H27N3O/c1-3-16(12-7-5-4-6-8-12)9-10-17-11(2)13(14)15/h11-12H,3-10H2,1-2H3,(H3,14,15). The van der Waals surface area contributed by atoms with Gasteiger partial charge in [0.25, 0.3) is 0 Å². The van der Waals surface area contributed by atoms with Crippen LogP contribution in [0.2, 0.25) is 0 Å². The lowest BCUT2D eigenvalue weighted by molar-refractivity contribution is 0.0639. The van der Waals surface area contributed by atoms with Crippen LogP contribution in [0.3, 0.4) is 0 Å². The van der Waals surface area contributed by atoms with Gasteiger partial charge in [-0.15, -0.1) is 0 Å². The molecule has 1 aliphatic rings. The lowest BCUT2D eigenvalue weighted by Crippen LogP contribution is -2.40. The van der Waals surface area contributed by atoms with Gasteiger partial charge in [-0.1, -0.05) is 26.2 Å². The van der Waals surface area contributed by atoms with E-state index in [1.165, 1.54) is 32.1 Å². The van der Waals surface area contributed by atoms with E-state index >= 15 is 0 Å². The van der Waals surface area contributed by atoms with Gasteiger partial charge in [-0.3, -0.25) is 10.3 Å². The Hall–Kier alpha value is -0.610. The number of nitrogens with zero attached hydrogens (tertiary/aromatic N) is 1. The molecule has 1 unspecified atom stereocenters. The van der Waals surface area contributed by atoms with Crippen LogP contribution in [0.15, 0.2) is 0 Å². The summed E-state index contributed by atoms with van der Waals surface area (Å²) in [6, 6.07) is 0.741. The van der Waals surface area contributed by atoms with Crippen molar-refractivity contribution in [1.29, 1.82) is 5.41 Å². The van der Waals surface area contributed by atoms with Crippen LogP contribution in [0.25, 0.3) is 0 Å². The van der Waals surface area contributed by atoms with Crippen LogP contribution >= 0.6 is 0 Å². The van der Waals surface area contributed by atoms with Crippen LogP contribution in [0.4, 0.5) is 0 Å². The van der Waals surface area contributed by atoms with Gasteiger partial charge in [-0.25, -0.2) is 0 Å². The van der Waals surface area contributed by atoms with Crippen molar-refractivity contribution < 1.29 is 4.74 Å². The quantitative estimate of drug-likeness (QED) is 0.529. The Bertz CT molecular complexity index is 227. The molecule has 1 atom stereocenters. The zero-order valence-electron chi connectivity index (χ0n) is 11.2. The molecule has 0 heterocycles. The minimum atomic E-state index is -0.250. The number of nitrogens with two attached hydrogens (primary N) is 1. The second-order valence-electron chi connectivity index (χ2n) is 4.89. The van der Waals surface area contributed by atoms with Crippen molar-refractivity contribution in [3.05, 3.63) is 0 Å². The first-order valence-electron chi connectivity index (χ1n) is 6.84. The molecule has 0 amide bonds. The van der Waals surface area contributed by atoms with Crippen molar-refractivity contribution >= 4 is 5.84 Å². The Balaban J connectivity index is 2.24. The summed E-state index contributed by atoms with van der Waals surface area (Å²) < 4.78 is 5.54. The minimum absolute atomic E-state index is 0.116. The third kappa shape index (κ3) is 5.04. The average molecular weight is 241 g/mol. The fraction of sp³-hybridized carbons (Fsp3) is 0.923. The van der Waals surface area contributed by atoms with Crippen molar-refractivity contribution in [3.63, 3.8) is 0 Å². The maximum Gasteiger partial charge on any atom is 0.120 e. The molecule has 3 N–H and O–H groups in total. The van der Waals surface area contributed by atoms with E-state index in [1.54, 1.807) is 0 Å². The monoisotopic (exact) mass is 241 g/mol. The molecule has 1 aliphatic carbocycles. The smallest absolute Gasteiger partial charge is 0.120 e. The molecule has 0 aromatic carbocycles. The number of nitrogens with one attached hydrogen (secondary N) is 1. The SMILES string of the molecule is CCN(CCOC(C)C(=N)N)C1CCCCC1. The van der Waals surface area contributed by atoms with Crippen molar-refractivity contribution in [2.75, 3.05) is 19.7 Å². The van der Waals surface area contributed by atoms with Crippen molar-refractivity contribution in [2.45, 2.75) is 58.1 Å². The number of likely N-dealkylation sites (N-methyl/N-ethyl adjacent to an activating group) is 1. The maximum absolute atomic E-state index is 7.27. The second-order valence-corrected chi connectivity index (χ2v) is 4.89. The van der Waals surface area contributed by atoms with Crippen molar-refractivity contribution in [2.24, 2.45) is 5.73 Å². The van der Waals surface area contributed by atoms with E-state index in [0.717, 1.165) is 19.1 Å². The lowest BCUT2D eigenvalue weighted by atomic mass is 9.94. The fourth-order valence-corrected chi connectivity index (χ4v) is 2.48. The summed E-state index contributed by atoms with van der Waals surface area (Å²) >= 11 is 0. The molecule has 0 aliphatic heterocycles. The van der Waals surface area contributed by atoms with Gasteiger partial charge in [0.15, 0.2) is 0 Å². The Morgan fingerprint density at radius 2 is 2.06 bits per heavy atom. The first-order valence-corrected chi connectivity index (χ1v) is 6.84. The van der Waals surface area contributed by atoms with Gasteiger partial charge in [0.05, 0.1) is 6.61 Å². The molecule has 1 rings (SSSR count). The third-order valence-corrected chi connectivity index (χ3v) is 3.68. The Kier molecular flexibility index (Phi) is 6.52. The summed E-state index contributed by atoms with van der Waals surface area (Å²) in [5.41, 5.74) is 5.37. The van der Waals surface area contributed by atoms with Crippen LogP contribution in [0.5, 0.6) is 0 Å². The fourth-order valence-electron chi connectivity index (χ4n) is 2.48. The van der Waals surface area contributed by atoms with E-state index in [2.05, 4.69) is 11.8 Å². The minimum Gasteiger partial charge on any atom is -0.385 e. The van der Waals surface area contributed by atoms with E-state index < -0.39 is 0 Å². The molecular formula is C13H27N3O. The van der Waals surface area contributed by atoms with Gasteiger partial charge in [0.2, 0.25) is 0 Å². The predicted molar refractivity (Wildman–Crippen MR) is 71.4 cm³/mol. The summed E-state index contributed by atoms with van der Waals surface area (Å²) in [6.07, 6.45) is 6.54. The predicted octanol–water partition coefficient (Wildman–Crippen LogP) is 1.98. The van der Waals surface area contributed by atoms with E-state index in [-0.39, 0.29) is 11.9 Å². The first kappa shape index (κ1) is 14.5. The zero-order valence-corrected chi connectivity index (χ0v) is 11.2. The number of amidine groups is 1. The second kappa shape index (κ2) is 7.67. The van der Waals surface area contributed by atoms with Gasteiger partial charge in [-0.2, -0.15) is 0 Å². The zero-order chi connectivity index (χ0) is 12.7. The van der Waals surface area contributed by atoms with Crippen molar-refractivity contribution in [3.8, 4) is 0 Å². The van der Waals surface area contributed by atoms with Crippen molar-refractivity contribution in [1.82, 2.24) is 4.90 Å². The summed E-state index contributed by atoms with van der Waals surface area (Å²) in [6.45, 7) is 6.76. The van der Waals surface area contributed by atoms with Gasteiger partial charge < -0.3 is 10.5 Å². The summed E-state index contributed by atoms with van der Waals surface area (Å²) in [7, 11) is 0. The Labute approximate surface area is 105 Å². The molecule has 0 bridgehead atoms. The highest BCUT2D eigenvalue weighted by Gasteiger charge is 2.19. The highest BCUT2D eigenvalue weighted by atomic mass is 16.5. The molecule has 4 heteroatoms. The number of hydrogen-bond donors (Lipinski definition) is 2. The number of hydrogen-bond acceptors (Lipinski definition) is 3. The highest BCUT2D eigenvalue weighted by molar-refractivity contribution is 5.81. The molecule has 0 spiro atoms.